The van der Waals surface area contributed by atoms with E-state index >= 15 is 0 Å². The monoisotopic (exact) mass is 217 g/mol. The maximum Gasteiger partial charge on any atom is 0.219 e. The van der Waals surface area contributed by atoms with Crippen LogP contribution in [0.2, 0.25) is 0 Å². The normalized spacial score (nSPS) is 13.4. The van der Waals surface area contributed by atoms with Crippen LogP contribution in [0.15, 0.2) is 66.1 Å². The minimum absolute atomic E-state index is 0.515. The van der Waals surface area contributed by atoms with Gasteiger partial charge in [0.25, 0.3) is 0 Å². The molecule has 0 saturated heterocycles. The molecular formula is C14H19NO. The minimum atomic E-state index is 0.515. The molecule has 0 amide bonds. The molecule has 0 atom stereocenters. The molecule has 2 nitrogen and oxygen atoms in total. The molecule has 0 rings (SSSR count). The van der Waals surface area contributed by atoms with E-state index in [9.17, 15) is 0 Å². The molecule has 0 fully saturated rings. The van der Waals surface area contributed by atoms with E-state index in [0.717, 1.165) is 0 Å². The van der Waals surface area contributed by atoms with Gasteiger partial charge in [-0.05, 0) is 39.0 Å². The Labute approximate surface area is 98.0 Å². The predicted molar refractivity (Wildman–Crippen MR) is 71.2 cm³/mol. The molecule has 2 heteroatoms. The van der Waals surface area contributed by atoms with Gasteiger partial charge in [0, 0.05) is 5.70 Å². The van der Waals surface area contributed by atoms with Gasteiger partial charge in [-0.2, -0.15) is 0 Å². The van der Waals surface area contributed by atoms with E-state index in [1.807, 2.05) is 39.0 Å². The Morgan fingerprint density at radius 1 is 1.19 bits per heavy atom. The number of hydrogen-bond acceptors (Lipinski definition) is 2. The summed E-state index contributed by atoms with van der Waals surface area (Å²) in [6.07, 6.45) is 10.8. The molecule has 16 heavy (non-hydrogen) atoms. The Balaban J connectivity index is 4.92. The Morgan fingerprint density at radius 2 is 1.81 bits per heavy atom. The van der Waals surface area contributed by atoms with Gasteiger partial charge in [0.2, 0.25) is 5.90 Å². The quantitative estimate of drug-likeness (QED) is 0.293. The highest BCUT2D eigenvalue weighted by Crippen LogP contribution is 2.05. The molecule has 86 valence electrons. The van der Waals surface area contributed by atoms with Gasteiger partial charge in [0.05, 0.1) is 0 Å². The molecule has 0 bridgehead atoms. The van der Waals surface area contributed by atoms with Crippen LogP contribution < -0.4 is 0 Å². The molecular weight excluding hydrogens is 198 g/mol. The topological polar surface area (TPSA) is 21.6 Å². The number of ether oxygens (including phenoxy) is 1. The Kier molecular flexibility index (Phi) is 7.51. The largest absolute Gasteiger partial charge is 0.439 e. The van der Waals surface area contributed by atoms with Gasteiger partial charge >= 0.3 is 0 Å². The van der Waals surface area contributed by atoms with Crippen molar-refractivity contribution in [1.82, 2.24) is 0 Å². The van der Waals surface area contributed by atoms with Crippen LogP contribution in [0.4, 0.5) is 0 Å². The van der Waals surface area contributed by atoms with Gasteiger partial charge in [-0.1, -0.05) is 31.4 Å². The molecule has 0 heterocycles. The summed E-state index contributed by atoms with van der Waals surface area (Å²) in [7, 11) is 0. The number of hydrogen-bond donors (Lipinski definition) is 0. The molecule has 0 unspecified atom stereocenters. The van der Waals surface area contributed by atoms with Crippen molar-refractivity contribution in [2.75, 3.05) is 0 Å². The minimum Gasteiger partial charge on any atom is -0.439 e. The number of aliphatic imine (C=N–C) groups is 1. The van der Waals surface area contributed by atoms with Crippen molar-refractivity contribution in [3.8, 4) is 0 Å². The summed E-state index contributed by atoms with van der Waals surface area (Å²) >= 11 is 0. The number of rotatable bonds is 5. The van der Waals surface area contributed by atoms with Gasteiger partial charge in [-0.15, -0.1) is 0 Å². The van der Waals surface area contributed by atoms with Crippen molar-refractivity contribution in [2.24, 2.45) is 4.99 Å². The number of allylic oxidation sites excluding steroid dienone is 6. The molecule has 0 aliphatic rings. The van der Waals surface area contributed by atoms with Crippen LogP contribution >= 0.6 is 0 Å². The third kappa shape index (κ3) is 6.60. The molecule has 0 aliphatic heterocycles. The molecule has 0 spiro atoms. The first kappa shape index (κ1) is 14.2. The maximum absolute atomic E-state index is 5.59. The fraction of sp³-hybridized carbons (Fsp3) is 0.214. The van der Waals surface area contributed by atoms with Gasteiger partial charge in [-0.25, -0.2) is 4.99 Å². The highest BCUT2D eigenvalue weighted by Gasteiger charge is 1.98. The van der Waals surface area contributed by atoms with E-state index in [0.29, 0.717) is 17.4 Å². The first-order valence-electron chi connectivity index (χ1n) is 5.14. The highest BCUT2D eigenvalue weighted by atomic mass is 16.5. The van der Waals surface area contributed by atoms with E-state index in [1.54, 1.807) is 18.2 Å². The first-order chi connectivity index (χ1) is 7.63. The lowest BCUT2D eigenvalue weighted by Crippen LogP contribution is -2.00. The van der Waals surface area contributed by atoms with Gasteiger partial charge in [0.1, 0.15) is 5.76 Å². The standard InChI is InChI=1S/C14H19NO/c1-6-9-13(10-7-2)16-14(11-8-3)15-12(4)5/h6-11H,1,4H2,2-3,5H3/b10-7-,11-8-,13-9+,15-14?. The van der Waals surface area contributed by atoms with Gasteiger partial charge < -0.3 is 4.74 Å². The van der Waals surface area contributed by atoms with Crippen molar-refractivity contribution < 1.29 is 4.74 Å². The van der Waals surface area contributed by atoms with Gasteiger partial charge in [0.15, 0.2) is 0 Å². The van der Waals surface area contributed by atoms with Crippen LogP contribution in [-0.2, 0) is 4.74 Å². The molecule has 0 saturated carbocycles. The van der Waals surface area contributed by atoms with Gasteiger partial charge in [-0.3, -0.25) is 0 Å². The molecule has 0 aromatic heterocycles. The SMILES string of the molecule is C=C/C=C(\C=C/C)OC(/C=C\C)=NC(=C)C. The zero-order valence-corrected chi connectivity index (χ0v) is 10.2. The van der Waals surface area contributed by atoms with E-state index < -0.39 is 0 Å². The van der Waals surface area contributed by atoms with E-state index in [2.05, 4.69) is 18.2 Å². The summed E-state index contributed by atoms with van der Waals surface area (Å²) in [6.45, 7) is 13.0. The molecule has 0 aromatic carbocycles. The second-order valence-corrected chi connectivity index (χ2v) is 3.09. The van der Waals surface area contributed by atoms with E-state index in [-0.39, 0.29) is 0 Å². The molecule has 0 radical (unpaired) electrons. The van der Waals surface area contributed by atoms with Crippen molar-refractivity contribution in [2.45, 2.75) is 20.8 Å². The van der Waals surface area contributed by atoms with Crippen LogP contribution in [0.5, 0.6) is 0 Å². The van der Waals surface area contributed by atoms with Crippen molar-refractivity contribution >= 4 is 5.90 Å². The summed E-state index contributed by atoms with van der Waals surface area (Å²) in [5.41, 5.74) is 0.700. The lowest BCUT2D eigenvalue weighted by Gasteiger charge is -2.05. The Morgan fingerprint density at radius 3 is 2.25 bits per heavy atom. The average Bonchev–Trinajstić information content (AvgIpc) is 2.17. The van der Waals surface area contributed by atoms with E-state index in [4.69, 9.17) is 4.74 Å². The zero-order valence-electron chi connectivity index (χ0n) is 10.2. The van der Waals surface area contributed by atoms with Crippen LogP contribution in [0, 0.1) is 0 Å². The maximum atomic E-state index is 5.59. The van der Waals surface area contributed by atoms with Crippen molar-refractivity contribution in [3.05, 3.63) is 61.1 Å². The summed E-state index contributed by atoms with van der Waals surface area (Å²) in [6, 6.07) is 0. The molecule has 0 aliphatic carbocycles. The van der Waals surface area contributed by atoms with Crippen LogP contribution in [0.1, 0.15) is 20.8 Å². The fourth-order valence-electron chi connectivity index (χ4n) is 0.950. The summed E-state index contributed by atoms with van der Waals surface area (Å²) < 4.78 is 5.59. The zero-order chi connectivity index (χ0) is 12.4. The lowest BCUT2D eigenvalue weighted by molar-refractivity contribution is 0.437. The van der Waals surface area contributed by atoms with Crippen LogP contribution in [-0.4, -0.2) is 5.90 Å². The second kappa shape index (κ2) is 8.48. The summed E-state index contributed by atoms with van der Waals surface area (Å²) in [5.74, 6) is 1.21. The molecule has 0 aromatic rings. The average molecular weight is 217 g/mol. The lowest BCUT2D eigenvalue weighted by atomic mass is 10.4. The Hall–Kier alpha value is -1.83. The molecule has 0 N–H and O–H groups in total. The fourth-order valence-corrected chi connectivity index (χ4v) is 0.950. The Bertz CT molecular complexity index is 357. The second-order valence-electron chi connectivity index (χ2n) is 3.09. The first-order valence-corrected chi connectivity index (χ1v) is 5.14. The predicted octanol–water partition coefficient (Wildman–Crippen LogP) is 4.16. The van der Waals surface area contributed by atoms with Crippen molar-refractivity contribution in [3.63, 3.8) is 0 Å². The third-order valence-electron chi connectivity index (χ3n) is 1.45. The van der Waals surface area contributed by atoms with Crippen LogP contribution in [0.25, 0.3) is 0 Å². The van der Waals surface area contributed by atoms with Crippen molar-refractivity contribution in [1.29, 1.82) is 0 Å². The van der Waals surface area contributed by atoms with E-state index in [1.165, 1.54) is 0 Å². The smallest absolute Gasteiger partial charge is 0.219 e. The summed E-state index contributed by atoms with van der Waals surface area (Å²) in [4.78, 5) is 4.18. The highest BCUT2D eigenvalue weighted by molar-refractivity contribution is 5.89. The van der Waals surface area contributed by atoms with Crippen LogP contribution in [0.3, 0.4) is 0 Å². The summed E-state index contributed by atoms with van der Waals surface area (Å²) in [5, 5.41) is 0. The number of nitrogens with zero attached hydrogens (tertiary/aromatic N) is 1. The third-order valence-corrected chi connectivity index (χ3v) is 1.45.